The molecule has 2 aromatic rings. The maximum Gasteiger partial charge on any atom is 0.0713 e. The molecule has 150 valence electrons. The van der Waals surface area contributed by atoms with Crippen LogP contribution in [0, 0.1) is 11.3 Å². The van der Waals surface area contributed by atoms with E-state index in [0.29, 0.717) is 13.0 Å². The molecule has 2 rings (SSSR count). The van der Waals surface area contributed by atoms with Crippen molar-refractivity contribution in [1.29, 1.82) is 5.26 Å². The quantitative estimate of drug-likeness (QED) is 0.486. The number of nitriles is 1. The van der Waals surface area contributed by atoms with Gasteiger partial charge in [0.2, 0.25) is 0 Å². The average molecular weight is 382 g/mol. The van der Waals surface area contributed by atoms with Crippen LogP contribution < -0.4 is 10.6 Å². The van der Waals surface area contributed by atoms with E-state index in [0.717, 1.165) is 62.5 Å². The summed E-state index contributed by atoms with van der Waals surface area (Å²) in [6.07, 6.45) is 2.55. The van der Waals surface area contributed by atoms with Crippen LogP contribution in [0.5, 0.6) is 0 Å². The van der Waals surface area contributed by atoms with Gasteiger partial charge in [-0.25, -0.2) is 0 Å². The molecule has 2 N–H and O–H groups in total. The summed E-state index contributed by atoms with van der Waals surface area (Å²) >= 11 is 0. The number of methoxy groups -OCH3 is 1. The van der Waals surface area contributed by atoms with Crippen molar-refractivity contribution in [3.63, 3.8) is 0 Å². The highest BCUT2D eigenvalue weighted by molar-refractivity contribution is 5.42. The molecule has 0 heterocycles. The van der Waals surface area contributed by atoms with Crippen LogP contribution in [0.15, 0.2) is 48.5 Å². The Balaban J connectivity index is 1.53. The van der Waals surface area contributed by atoms with Crippen LogP contribution in [-0.2, 0) is 29.0 Å². The van der Waals surface area contributed by atoms with Gasteiger partial charge >= 0.3 is 0 Å². The Labute approximate surface area is 168 Å². The largest absolute Gasteiger partial charge is 0.383 e. The summed E-state index contributed by atoms with van der Waals surface area (Å²) in [7, 11) is 1.69. The lowest BCUT2D eigenvalue weighted by molar-refractivity contribution is 0.140. The van der Waals surface area contributed by atoms with E-state index >= 15 is 0 Å². The van der Waals surface area contributed by atoms with Crippen LogP contribution >= 0.6 is 0 Å². The third-order valence-electron chi connectivity index (χ3n) is 4.28. The van der Waals surface area contributed by atoms with Crippen LogP contribution in [0.3, 0.4) is 0 Å². The van der Waals surface area contributed by atoms with E-state index in [1.165, 1.54) is 5.56 Å². The second kappa shape index (κ2) is 13.7. The molecule has 0 saturated heterocycles. The molecule has 0 saturated carbocycles. The van der Waals surface area contributed by atoms with E-state index in [4.69, 9.17) is 14.7 Å². The second-order valence-electron chi connectivity index (χ2n) is 6.71. The number of rotatable bonds is 14. The van der Waals surface area contributed by atoms with Crippen molar-refractivity contribution in [2.24, 2.45) is 0 Å². The van der Waals surface area contributed by atoms with E-state index < -0.39 is 0 Å². The Kier molecular flexibility index (Phi) is 10.7. The predicted octanol–water partition coefficient (Wildman–Crippen LogP) is 3.90. The number of hydrogen-bond acceptors (Lipinski definition) is 5. The summed E-state index contributed by atoms with van der Waals surface area (Å²) < 4.78 is 10.9. The maximum atomic E-state index is 8.93. The third kappa shape index (κ3) is 9.01. The number of unbranched alkanes of at least 4 members (excludes halogenated alkanes) is 1. The number of nitrogens with zero attached hydrogens (tertiary/aromatic N) is 1. The molecule has 0 aromatic heterocycles. The molecule has 0 unspecified atom stereocenters. The predicted molar refractivity (Wildman–Crippen MR) is 113 cm³/mol. The van der Waals surface area contributed by atoms with Crippen LogP contribution in [0.4, 0.5) is 5.69 Å². The summed E-state index contributed by atoms with van der Waals surface area (Å²) in [6.45, 7) is 4.66. The first-order valence-corrected chi connectivity index (χ1v) is 9.87. The summed E-state index contributed by atoms with van der Waals surface area (Å²) in [4.78, 5) is 0. The number of ether oxygens (including phenoxy) is 2. The fourth-order valence-corrected chi connectivity index (χ4v) is 3.00. The van der Waals surface area contributed by atoms with Gasteiger partial charge in [0, 0.05) is 32.5 Å². The average Bonchev–Trinajstić information content (AvgIpc) is 2.70. The smallest absolute Gasteiger partial charge is 0.0713 e. The van der Waals surface area contributed by atoms with Crippen molar-refractivity contribution < 1.29 is 9.47 Å². The van der Waals surface area contributed by atoms with Crippen molar-refractivity contribution in [2.75, 3.05) is 38.7 Å². The number of nitrogens with one attached hydrogen (secondary N) is 2. The Morgan fingerprint density at radius 1 is 0.929 bits per heavy atom. The standard InChI is InChI=1S/C23H31N3O2/c1-27-19-22-16-20(9-10-24)15-21(17-22)18-25-11-5-6-13-28-14-12-26-23-7-3-2-4-8-23/h2-4,7-8,15-17,25-26H,5-6,9,11-14,18-19H2,1H3. The first-order valence-electron chi connectivity index (χ1n) is 9.87. The minimum absolute atomic E-state index is 0.432. The van der Waals surface area contributed by atoms with Gasteiger partial charge in [-0.05, 0) is 48.2 Å². The van der Waals surface area contributed by atoms with E-state index in [-0.39, 0.29) is 0 Å². The lowest BCUT2D eigenvalue weighted by Gasteiger charge is -2.10. The van der Waals surface area contributed by atoms with Crippen molar-refractivity contribution in [3.05, 3.63) is 65.2 Å². The van der Waals surface area contributed by atoms with E-state index in [2.05, 4.69) is 41.0 Å². The van der Waals surface area contributed by atoms with Crippen molar-refractivity contribution >= 4 is 5.69 Å². The molecule has 0 radical (unpaired) electrons. The molecular formula is C23H31N3O2. The molecule has 0 fully saturated rings. The summed E-state index contributed by atoms with van der Waals surface area (Å²) in [5.74, 6) is 0. The summed E-state index contributed by atoms with van der Waals surface area (Å²) in [5, 5.41) is 15.7. The van der Waals surface area contributed by atoms with Crippen molar-refractivity contribution in [2.45, 2.75) is 32.4 Å². The van der Waals surface area contributed by atoms with Gasteiger partial charge < -0.3 is 20.1 Å². The summed E-state index contributed by atoms with van der Waals surface area (Å²) in [5.41, 5.74) is 4.49. The monoisotopic (exact) mass is 381 g/mol. The highest BCUT2D eigenvalue weighted by Gasteiger charge is 2.02. The van der Waals surface area contributed by atoms with Crippen LogP contribution in [0.1, 0.15) is 29.5 Å². The lowest BCUT2D eigenvalue weighted by Crippen LogP contribution is -2.16. The van der Waals surface area contributed by atoms with Gasteiger partial charge in [0.05, 0.1) is 25.7 Å². The molecule has 0 spiro atoms. The minimum atomic E-state index is 0.432. The third-order valence-corrected chi connectivity index (χ3v) is 4.28. The van der Waals surface area contributed by atoms with Gasteiger partial charge in [0.15, 0.2) is 0 Å². The number of para-hydroxylation sites is 1. The Hall–Kier alpha value is -2.39. The molecule has 5 nitrogen and oxygen atoms in total. The molecule has 2 aromatic carbocycles. The lowest BCUT2D eigenvalue weighted by atomic mass is 10.0. The normalized spacial score (nSPS) is 10.6. The van der Waals surface area contributed by atoms with Gasteiger partial charge in [-0.1, -0.05) is 36.4 Å². The molecule has 0 aliphatic heterocycles. The fourth-order valence-electron chi connectivity index (χ4n) is 3.00. The topological polar surface area (TPSA) is 66.3 Å². The SMILES string of the molecule is COCc1cc(CC#N)cc(CNCCCCOCCNc2ccccc2)c1. The summed E-state index contributed by atoms with van der Waals surface area (Å²) in [6, 6.07) is 18.7. The Bertz CT molecular complexity index is 714. The van der Waals surface area contributed by atoms with E-state index in [1.54, 1.807) is 7.11 Å². The molecule has 0 atom stereocenters. The molecule has 0 amide bonds. The van der Waals surface area contributed by atoms with Gasteiger partial charge in [-0.15, -0.1) is 0 Å². The van der Waals surface area contributed by atoms with Crippen LogP contribution in [0.25, 0.3) is 0 Å². The zero-order valence-corrected chi connectivity index (χ0v) is 16.7. The first-order chi connectivity index (χ1) is 13.8. The first kappa shape index (κ1) is 21.9. The Morgan fingerprint density at radius 3 is 2.50 bits per heavy atom. The van der Waals surface area contributed by atoms with Crippen LogP contribution in [0.2, 0.25) is 0 Å². The number of anilines is 1. The molecule has 28 heavy (non-hydrogen) atoms. The van der Waals surface area contributed by atoms with Crippen molar-refractivity contribution in [3.8, 4) is 6.07 Å². The van der Waals surface area contributed by atoms with Gasteiger partial charge in [0.25, 0.3) is 0 Å². The fraction of sp³-hybridized carbons (Fsp3) is 0.435. The maximum absolute atomic E-state index is 8.93. The zero-order chi connectivity index (χ0) is 19.9. The highest BCUT2D eigenvalue weighted by Crippen LogP contribution is 2.12. The van der Waals surface area contributed by atoms with Crippen LogP contribution in [-0.4, -0.2) is 33.4 Å². The molecular weight excluding hydrogens is 350 g/mol. The molecule has 0 aliphatic rings. The minimum Gasteiger partial charge on any atom is -0.383 e. The molecule has 0 bridgehead atoms. The number of benzene rings is 2. The number of hydrogen-bond donors (Lipinski definition) is 2. The molecule has 5 heteroatoms. The van der Waals surface area contributed by atoms with Gasteiger partial charge in [-0.3, -0.25) is 0 Å². The van der Waals surface area contributed by atoms with E-state index in [1.807, 2.05) is 24.3 Å². The van der Waals surface area contributed by atoms with Crippen molar-refractivity contribution in [1.82, 2.24) is 5.32 Å². The molecule has 0 aliphatic carbocycles. The van der Waals surface area contributed by atoms with Gasteiger partial charge in [0.1, 0.15) is 0 Å². The second-order valence-corrected chi connectivity index (χ2v) is 6.71. The zero-order valence-electron chi connectivity index (χ0n) is 16.7. The van der Waals surface area contributed by atoms with Gasteiger partial charge in [-0.2, -0.15) is 5.26 Å². The van der Waals surface area contributed by atoms with E-state index in [9.17, 15) is 0 Å². The highest BCUT2D eigenvalue weighted by atomic mass is 16.5. The Morgan fingerprint density at radius 2 is 1.71 bits per heavy atom.